The predicted molar refractivity (Wildman–Crippen MR) is 114 cm³/mol. The zero-order valence-corrected chi connectivity index (χ0v) is 16.9. The van der Waals surface area contributed by atoms with E-state index in [2.05, 4.69) is 10.3 Å². The summed E-state index contributed by atoms with van der Waals surface area (Å²) in [6, 6.07) is 13.2. The summed E-state index contributed by atoms with van der Waals surface area (Å²) in [5, 5.41) is 13.5. The van der Waals surface area contributed by atoms with Gasteiger partial charge in [0.2, 0.25) is 17.8 Å². The summed E-state index contributed by atoms with van der Waals surface area (Å²) in [5.41, 5.74) is 2.05. The number of nitro groups is 1. The van der Waals surface area contributed by atoms with Crippen molar-refractivity contribution in [2.75, 3.05) is 30.5 Å². The van der Waals surface area contributed by atoms with Crippen molar-refractivity contribution in [2.45, 2.75) is 13.0 Å². The van der Waals surface area contributed by atoms with Gasteiger partial charge in [-0.05, 0) is 24.3 Å². The molecule has 2 amide bonds. The molecule has 1 aromatic heterocycles. The fourth-order valence-electron chi connectivity index (χ4n) is 3.71. The summed E-state index contributed by atoms with van der Waals surface area (Å²) >= 11 is 0. The molecule has 0 bridgehead atoms. The average Bonchev–Trinajstić information content (AvgIpc) is 3.12. The van der Waals surface area contributed by atoms with Gasteiger partial charge in [0.05, 0.1) is 35.0 Å². The van der Waals surface area contributed by atoms with Crippen molar-refractivity contribution in [1.29, 1.82) is 0 Å². The van der Waals surface area contributed by atoms with Gasteiger partial charge in [0.15, 0.2) is 0 Å². The van der Waals surface area contributed by atoms with E-state index >= 15 is 0 Å². The summed E-state index contributed by atoms with van der Waals surface area (Å²) < 4.78 is 7.10. The van der Waals surface area contributed by atoms with Gasteiger partial charge in [-0.15, -0.1) is 0 Å². The molecule has 2 heterocycles. The lowest BCUT2D eigenvalue weighted by Crippen LogP contribution is -2.46. The standard InChI is InChI=1S/C21H21N5O5/c1-31-11-10-24-20(28)14(13-25-18-5-3-2-4-17(18)23-21(24)25)12-19(27)22-15-6-8-16(9-7-15)26(29)30/h2-9,14H,10-13H2,1H3,(H,22,27). The number of non-ortho nitro benzene ring substituents is 1. The molecular weight excluding hydrogens is 402 g/mol. The minimum atomic E-state index is -0.569. The highest BCUT2D eigenvalue weighted by atomic mass is 16.6. The lowest BCUT2D eigenvalue weighted by atomic mass is 10.0. The maximum Gasteiger partial charge on any atom is 0.269 e. The SMILES string of the molecule is COCCN1C(=O)C(CC(=O)Nc2ccc([N+](=O)[O-])cc2)Cn2c1nc1ccccc12. The maximum atomic E-state index is 13.1. The number of carbonyl (C=O) groups excluding carboxylic acids is 2. The minimum Gasteiger partial charge on any atom is -0.383 e. The van der Waals surface area contributed by atoms with Gasteiger partial charge in [0.25, 0.3) is 5.69 Å². The van der Waals surface area contributed by atoms with Gasteiger partial charge >= 0.3 is 0 Å². The predicted octanol–water partition coefficient (Wildman–Crippen LogP) is 2.58. The van der Waals surface area contributed by atoms with Crippen LogP contribution in [0.15, 0.2) is 48.5 Å². The first kappa shape index (κ1) is 20.5. The summed E-state index contributed by atoms with van der Waals surface area (Å²) in [6.45, 7) is 1.02. The largest absolute Gasteiger partial charge is 0.383 e. The first-order chi connectivity index (χ1) is 15.0. The van der Waals surface area contributed by atoms with E-state index in [-0.39, 0.29) is 23.9 Å². The van der Waals surface area contributed by atoms with Crippen LogP contribution in [-0.2, 0) is 20.9 Å². The van der Waals surface area contributed by atoms with Crippen molar-refractivity contribution in [2.24, 2.45) is 5.92 Å². The summed E-state index contributed by atoms with van der Waals surface area (Å²) in [6.07, 6.45) is -0.0226. The van der Waals surface area contributed by atoms with Gasteiger partial charge in [-0.2, -0.15) is 0 Å². The van der Waals surface area contributed by atoms with Gasteiger partial charge in [-0.1, -0.05) is 12.1 Å². The number of fused-ring (bicyclic) bond motifs is 3. The molecule has 0 spiro atoms. The zero-order chi connectivity index (χ0) is 22.0. The molecule has 0 saturated carbocycles. The highest BCUT2D eigenvalue weighted by molar-refractivity contribution is 6.01. The Morgan fingerprint density at radius 1 is 1.26 bits per heavy atom. The van der Waals surface area contributed by atoms with Crippen LogP contribution in [0.25, 0.3) is 11.0 Å². The number of benzene rings is 2. The molecule has 1 unspecified atom stereocenters. The number of nitrogens with zero attached hydrogens (tertiary/aromatic N) is 4. The molecule has 10 nitrogen and oxygen atoms in total. The van der Waals surface area contributed by atoms with Gasteiger partial charge < -0.3 is 14.6 Å². The minimum absolute atomic E-state index is 0.0226. The molecule has 2 aromatic carbocycles. The van der Waals surface area contributed by atoms with E-state index in [0.29, 0.717) is 31.3 Å². The zero-order valence-electron chi connectivity index (χ0n) is 16.9. The highest BCUT2D eigenvalue weighted by Crippen LogP contribution is 2.31. The molecule has 4 rings (SSSR count). The van der Waals surface area contributed by atoms with Crippen molar-refractivity contribution < 1.29 is 19.2 Å². The van der Waals surface area contributed by atoms with Crippen LogP contribution in [-0.4, -0.2) is 46.6 Å². The molecule has 1 aliphatic rings. The van der Waals surface area contributed by atoms with Crippen LogP contribution >= 0.6 is 0 Å². The monoisotopic (exact) mass is 423 g/mol. The molecule has 10 heteroatoms. The molecule has 1 aliphatic heterocycles. The second-order valence-corrected chi connectivity index (χ2v) is 7.25. The second-order valence-electron chi connectivity index (χ2n) is 7.25. The third-order valence-electron chi connectivity index (χ3n) is 5.21. The number of imidazole rings is 1. The van der Waals surface area contributed by atoms with Crippen LogP contribution in [0.3, 0.4) is 0 Å². The Balaban J connectivity index is 1.54. The number of ether oxygens (including phenoxy) is 1. The van der Waals surface area contributed by atoms with Crippen molar-refractivity contribution in [3.63, 3.8) is 0 Å². The molecule has 0 radical (unpaired) electrons. The molecule has 0 saturated heterocycles. The van der Waals surface area contributed by atoms with Crippen molar-refractivity contribution >= 4 is 40.2 Å². The van der Waals surface area contributed by atoms with Crippen LogP contribution < -0.4 is 10.2 Å². The topological polar surface area (TPSA) is 120 Å². The Morgan fingerprint density at radius 3 is 2.71 bits per heavy atom. The first-order valence-corrected chi connectivity index (χ1v) is 9.78. The van der Waals surface area contributed by atoms with Gasteiger partial charge in [0, 0.05) is 37.9 Å². The van der Waals surface area contributed by atoms with E-state index < -0.39 is 10.8 Å². The Kier molecular flexibility index (Phi) is 5.63. The quantitative estimate of drug-likeness (QED) is 0.461. The summed E-state index contributed by atoms with van der Waals surface area (Å²) in [7, 11) is 1.56. The molecule has 3 aromatic rings. The van der Waals surface area contributed by atoms with Crippen LogP contribution in [0.2, 0.25) is 0 Å². The Bertz CT molecular complexity index is 1140. The number of aromatic nitrogens is 2. The number of rotatable bonds is 7. The number of hydrogen-bond acceptors (Lipinski definition) is 6. The van der Waals surface area contributed by atoms with E-state index in [1.54, 1.807) is 12.0 Å². The smallest absolute Gasteiger partial charge is 0.269 e. The number of methoxy groups -OCH3 is 1. The fourth-order valence-corrected chi connectivity index (χ4v) is 3.71. The molecule has 0 aliphatic carbocycles. The van der Waals surface area contributed by atoms with E-state index in [4.69, 9.17) is 4.74 Å². The van der Waals surface area contributed by atoms with E-state index in [1.165, 1.54) is 24.3 Å². The number of hydrogen-bond donors (Lipinski definition) is 1. The number of nitro benzene ring substituents is 1. The van der Waals surface area contributed by atoms with Gasteiger partial charge in [0.1, 0.15) is 0 Å². The van der Waals surface area contributed by atoms with E-state index in [0.717, 1.165) is 11.0 Å². The Labute approximate surface area is 177 Å². The molecule has 0 fully saturated rings. The lowest BCUT2D eigenvalue weighted by molar-refractivity contribution is -0.384. The van der Waals surface area contributed by atoms with Crippen molar-refractivity contribution in [3.05, 3.63) is 58.6 Å². The maximum absolute atomic E-state index is 13.1. The number of amides is 2. The van der Waals surface area contributed by atoms with Crippen LogP contribution in [0.4, 0.5) is 17.3 Å². The highest BCUT2D eigenvalue weighted by Gasteiger charge is 2.36. The van der Waals surface area contributed by atoms with E-state index in [1.807, 2.05) is 28.8 Å². The van der Waals surface area contributed by atoms with Crippen molar-refractivity contribution in [3.8, 4) is 0 Å². The third-order valence-corrected chi connectivity index (χ3v) is 5.21. The number of carbonyl (C=O) groups is 2. The molecule has 31 heavy (non-hydrogen) atoms. The van der Waals surface area contributed by atoms with E-state index in [9.17, 15) is 19.7 Å². The Hall–Kier alpha value is -3.79. The molecule has 160 valence electrons. The average molecular weight is 423 g/mol. The number of anilines is 2. The second kappa shape index (κ2) is 8.52. The fraction of sp³-hybridized carbons (Fsp3) is 0.286. The van der Waals surface area contributed by atoms with Crippen LogP contribution in [0.5, 0.6) is 0 Å². The van der Waals surface area contributed by atoms with Crippen LogP contribution in [0, 0.1) is 16.0 Å². The van der Waals surface area contributed by atoms with Gasteiger partial charge in [-0.25, -0.2) is 4.98 Å². The summed E-state index contributed by atoms with van der Waals surface area (Å²) in [5.74, 6) is -0.541. The first-order valence-electron chi connectivity index (χ1n) is 9.78. The normalized spacial score (nSPS) is 15.7. The molecule has 1 atom stereocenters. The Morgan fingerprint density at radius 2 is 2.00 bits per heavy atom. The number of para-hydroxylation sites is 2. The lowest BCUT2D eigenvalue weighted by Gasteiger charge is -2.32. The summed E-state index contributed by atoms with van der Waals surface area (Å²) in [4.78, 5) is 42.2. The van der Waals surface area contributed by atoms with Crippen molar-refractivity contribution in [1.82, 2.24) is 9.55 Å². The van der Waals surface area contributed by atoms with Gasteiger partial charge in [-0.3, -0.25) is 24.6 Å². The molecule has 1 N–H and O–H groups in total. The number of nitrogens with one attached hydrogen (secondary N) is 1. The molecular formula is C21H21N5O5. The third kappa shape index (κ3) is 4.10. The van der Waals surface area contributed by atoms with Crippen LogP contribution in [0.1, 0.15) is 6.42 Å².